The van der Waals surface area contributed by atoms with Crippen molar-refractivity contribution in [3.05, 3.63) is 34.9 Å². The zero-order valence-corrected chi connectivity index (χ0v) is 11.8. The average molecular weight is 297 g/mol. The predicted octanol–water partition coefficient (Wildman–Crippen LogP) is 1.51. The van der Waals surface area contributed by atoms with Gasteiger partial charge < -0.3 is 10.4 Å². The molecule has 1 aliphatic rings. The Morgan fingerprint density at radius 1 is 1.45 bits per heavy atom. The Kier molecular flexibility index (Phi) is 4.98. The summed E-state index contributed by atoms with van der Waals surface area (Å²) in [6.07, 6.45) is 1.43. The molecule has 1 aliphatic heterocycles. The van der Waals surface area contributed by atoms with Crippen LogP contribution in [0.2, 0.25) is 5.02 Å². The number of nitrogens with zero attached hydrogens (tertiary/aromatic N) is 1. The van der Waals surface area contributed by atoms with E-state index < -0.39 is 12.0 Å². The molecule has 1 saturated heterocycles. The molecule has 1 fully saturated rings. The van der Waals surface area contributed by atoms with E-state index in [0.29, 0.717) is 24.5 Å². The van der Waals surface area contributed by atoms with Gasteiger partial charge in [0, 0.05) is 11.6 Å². The summed E-state index contributed by atoms with van der Waals surface area (Å²) in [6.45, 7) is 1.17. The van der Waals surface area contributed by atoms with Crippen molar-refractivity contribution in [2.45, 2.75) is 25.4 Å². The van der Waals surface area contributed by atoms with Crippen LogP contribution in [0, 0.1) is 0 Å². The van der Waals surface area contributed by atoms with Crippen molar-refractivity contribution >= 4 is 23.5 Å². The summed E-state index contributed by atoms with van der Waals surface area (Å²) < 4.78 is 0. The SMILES string of the molecule is O=C(CN1CCCC1C(=O)O)NCc1cccc(Cl)c1. The lowest BCUT2D eigenvalue weighted by Gasteiger charge is -2.20. The Morgan fingerprint density at radius 3 is 2.95 bits per heavy atom. The lowest BCUT2D eigenvalue weighted by molar-refractivity contribution is -0.142. The Balaban J connectivity index is 1.82. The van der Waals surface area contributed by atoms with Crippen molar-refractivity contribution < 1.29 is 14.7 Å². The van der Waals surface area contributed by atoms with E-state index in [1.165, 1.54) is 0 Å². The van der Waals surface area contributed by atoms with Crippen LogP contribution in [0.15, 0.2) is 24.3 Å². The molecule has 1 amide bonds. The monoisotopic (exact) mass is 296 g/mol. The number of rotatable bonds is 5. The first-order valence-electron chi connectivity index (χ1n) is 6.54. The Labute approximate surface area is 122 Å². The highest BCUT2D eigenvalue weighted by Gasteiger charge is 2.31. The minimum Gasteiger partial charge on any atom is -0.480 e. The van der Waals surface area contributed by atoms with Gasteiger partial charge in [-0.1, -0.05) is 23.7 Å². The third-order valence-corrected chi connectivity index (χ3v) is 3.61. The van der Waals surface area contributed by atoms with E-state index in [1.807, 2.05) is 12.1 Å². The normalized spacial score (nSPS) is 18.9. The van der Waals surface area contributed by atoms with Crippen LogP contribution in [0.5, 0.6) is 0 Å². The van der Waals surface area contributed by atoms with Crippen LogP contribution in [0.25, 0.3) is 0 Å². The number of halogens is 1. The minimum absolute atomic E-state index is 0.123. The van der Waals surface area contributed by atoms with Gasteiger partial charge in [-0.2, -0.15) is 0 Å². The molecule has 1 aromatic rings. The van der Waals surface area contributed by atoms with E-state index >= 15 is 0 Å². The molecule has 1 atom stereocenters. The molecular formula is C14H17ClN2O3. The van der Waals surface area contributed by atoms with Gasteiger partial charge in [0.05, 0.1) is 6.54 Å². The summed E-state index contributed by atoms with van der Waals surface area (Å²) in [5.74, 6) is -1.02. The van der Waals surface area contributed by atoms with Crippen molar-refractivity contribution in [1.82, 2.24) is 10.2 Å². The number of hydrogen-bond donors (Lipinski definition) is 2. The molecule has 0 saturated carbocycles. The number of amides is 1. The summed E-state index contributed by atoms with van der Waals surface area (Å²) in [6, 6.07) is 6.73. The quantitative estimate of drug-likeness (QED) is 0.864. The van der Waals surface area contributed by atoms with E-state index in [0.717, 1.165) is 12.0 Å². The summed E-state index contributed by atoms with van der Waals surface area (Å²) in [5, 5.41) is 12.5. The van der Waals surface area contributed by atoms with Crippen molar-refractivity contribution in [3.8, 4) is 0 Å². The molecule has 1 aromatic carbocycles. The van der Waals surface area contributed by atoms with Gasteiger partial charge in [0.15, 0.2) is 0 Å². The molecule has 0 aliphatic carbocycles. The molecule has 20 heavy (non-hydrogen) atoms. The Bertz CT molecular complexity index is 507. The van der Waals surface area contributed by atoms with Gasteiger partial charge in [-0.3, -0.25) is 14.5 Å². The first kappa shape index (κ1) is 14.8. The van der Waals surface area contributed by atoms with E-state index in [4.69, 9.17) is 16.7 Å². The highest BCUT2D eigenvalue weighted by atomic mass is 35.5. The molecule has 2 N–H and O–H groups in total. The van der Waals surface area contributed by atoms with Crippen molar-refractivity contribution in [3.63, 3.8) is 0 Å². The van der Waals surface area contributed by atoms with Gasteiger partial charge in [0.1, 0.15) is 6.04 Å². The second kappa shape index (κ2) is 6.72. The van der Waals surface area contributed by atoms with Crippen LogP contribution in [-0.2, 0) is 16.1 Å². The second-order valence-electron chi connectivity index (χ2n) is 4.87. The van der Waals surface area contributed by atoms with Crippen molar-refractivity contribution in [1.29, 1.82) is 0 Å². The first-order chi connectivity index (χ1) is 9.56. The lowest BCUT2D eigenvalue weighted by atomic mass is 10.2. The molecular weight excluding hydrogens is 280 g/mol. The highest BCUT2D eigenvalue weighted by Crippen LogP contribution is 2.16. The van der Waals surface area contributed by atoms with Crippen molar-refractivity contribution in [2.24, 2.45) is 0 Å². The standard InChI is InChI=1S/C14H17ClN2O3/c15-11-4-1-3-10(7-11)8-16-13(18)9-17-6-2-5-12(17)14(19)20/h1,3-4,7,12H,2,5-6,8-9H2,(H,16,18)(H,19,20). The first-order valence-corrected chi connectivity index (χ1v) is 6.92. The fraction of sp³-hybridized carbons (Fsp3) is 0.429. The van der Waals surface area contributed by atoms with Crippen LogP contribution >= 0.6 is 11.6 Å². The third kappa shape index (κ3) is 3.95. The largest absolute Gasteiger partial charge is 0.480 e. The maximum atomic E-state index is 11.8. The number of carboxylic acid groups (broad SMARTS) is 1. The molecule has 2 rings (SSSR count). The number of aliphatic carboxylic acids is 1. The molecule has 0 aromatic heterocycles. The number of hydrogen-bond acceptors (Lipinski definition) is 3. The van der Waals surface area contributed by atoms with E-state index in [9.17, 15) is 9.59 Å². The predicted molar refractivity (Wildman–Crippen MR) is 75.5 cm³/mol. The topological polar surface area (TPSA) is 69.6 Å². The zero-order chi connectivity index (χ0) is 14.5. The van der Waals surface area contributed by atoms with Crippen LogP contribution in [0.1, 0.15) is 18.4 Å². The van der Waals surface area contributed by atoms with E-state index in [2.05, 4.69) is 5.32 Å². The lowest BCUT2D eigenvalue weighted by Crippen LogP contribution is -2.42. The van der Waals surface area contributed by atoms with E-state index in [1.54, 1.807) is 17.0 Å². The minimum atomic E-state index is -0.856. The Morgan fingerprint density at radius 2 is 2.25 bits per heavy atom. The molecule has 0 radical (unpaired) electrons. The van der Waals surface area contributed by atoms with Gasteiger partial charge in [0.25, 0.3) is 0 Å². The van der Waals surface area contributed by atoms with Crippen LogP contribution in [-0.4, -0.2) is 41.0 Å². The number of carbonyl (C=O) groups excluding carboxylic acids is 1. The smallest absolute Gasteiger partial charge is 0.320 e. The second-order valence-corrected chi connectivity index (χ2v) is 5.31. The molecule has 1 unspecified atom stereocenters. The molecule has 0 bridgehead atoms. The number of carboxylic acids is 1. The maximum Gasteiger partial charge on any atom is 0.320 e. The molecule has 1 heterocycles. The zero-order valence-electron chi connectivity index (χ0n) is 11.0. The summed E-state index contributed by atoms with van der Waals surface area (Å²) in [5.41, 5.74) is 0.919. The number of nitrogens with one attached hydrogen (secondary N) is 1. The number of carbonyl (C=O) groups is 2. The molecule has 5 nitrogen and oxygen atoms in total. The maximum absolute atomic E-state index is 11.8. The van der Waals surface area contributed by atoms with E-state index in [-0.39, 0.29) is 12.5 Å². The third-order valence-electron chi connectivity index (χ3n) is 3.37. The van der Waals surface area contributed by atoms with Crippen LogP contribution in [0.4, 0.5) is 0 Å². The number of benzene rings is 1. The molecule has 0 spiro atoms. The van der Waals surface area contributed by atoms with Gasteiger partial charge in [-0.05, 0) is 37.1 Å². The fourth-order valence-corrected chi connectivity index (χ4v) is 2.60. The van der Waals surface area contributed by atoms with Crippen molar-refractivity contribution in [2.75, 3.05) is 13.1 Å². The molecule has 6 heteroatoms. The van der Waals surface area contributed by atoms with Gasteiger partial charge in [0.2, 0.25) is 5.91 Å². The summed E-state index contributed by atoms with van der Waals surface area (Å²) in [4.78, 5) is 24.6. The summed E-state index contributed by atoms with van der Waals surface area (Å²) >= 11 is 5.87. The van der Waals surface area contributed by atoms with Gasteiger partial charge in [-0.25, -0.2) is 0 Å². The average Bonchev–Trinajstić information content (AvgIpc) is 2.85. The van der Waals surface area contributed by atoms with Crippen LogP contribution in [0.3, 0.4) is 0 Å². The van der Waals surface area contributed by atoms with Gasteiger partial charge in [-0.15, -0.1) is 0 Å². The fourth-order valence-electron chi connectivity index (χ4n) is 2.38. The van der Waals surface area contributed by atoms with Gasteiger partial charge >= 0.3 is 5.97 Å². The summed E-state index contributed by atoms with van der Waals surface area (Å²) in [7, 11) is 0. The Hall–Kier alpha value is -1.59. The van der Waals surface area contributed by atoms with Crippen LogP contribution < -0.4 is 5.32 Å². The molecule has 108 valence electrons. The highest BCUT2D eigenvalue weighted by molar-refractivity contribution is 6.30. The number of likely N-dealkylation sites (tertiary alicyclic amines) is 1.